The minimum atomic E-state index is -0.139. The third-order valence-electron chi connectivity index (χ3n) is 4.91. The number of likely N-dealkylation sites (N-methyl/N-ethyl adjacent to an activating group) is 1. The first kappa shape index (κ1) is 21.5. The summed E-state index contributed by atoms with van der Waals surface area (Å²) >= 11 is 0. The minimum absolute atomic E-state index is 0.0423. The van der Waals surface area contributed by atoms with E-state index in [0.29, 0.717) is 13.1 Å². The van der Waals surface area contributed by atoms with Gasteiger partial charge in [0.05, 0.1) is 0 Å². The van der Waals surface area contributed by atoms with Crippen molar-refractivity contribution in [3.05, 3.63) is 60.2 Å². The lowest BCUT2D eigenvalue weighted by Gasteiger charge is -2.27. The fraction of sp³-hybridized carbons (Fsp3) is 0.391. The molecule has 0 aliphatic rings. The molecule has 0 fully saturated rings. The zero-order valence-electron chi connectivity index (χ0n) is 17.4. The molecule has 150 valence electrons. The van der Waals surface area contributed by atoms with Gasteiger partial charge in [-0.3, -0.25) is 9.59 Å². The van der Waals surface area contributed by atoms with Gasteiger partial charge in [0.2, 0.25) is 11.8 Å². The molecule has 0 spiro atoms. The summed E-state index contributed by atoms with van der Waals surface area (Å²) in [5.74, 6) is -0.200. The van der Waals surface area contributed by atoms with E-state index in [9.17, 15) is 9.59 Å². The predicted octanol–water partition coefficient (Wildman–Crippen LogP) is 3.93. The lowest BCUT2D eigenvalue weighted by atomic mass is 10.2. The highest BCUT2D eigenvalue weighted by Crippen LogP contribution is 2.21. The fourth-order valence-corrected chi connectivity index (χ4v) is 3.23. The number of rotatable bonds is 9. The van der Waals surface area contributed by atoms with E-state index in [0.717, 1.165) is 30.0 Å². The van der Waals surface area contributed by atoms with Crippen LogP contribution in [0.5, 0.6) is 0 Å². The Labute approximate surface area is 168 Å². The van der Waals surface area contributed by atoms with Crippen LogP contribution in [0.2, 0.25) is 0 Å². The van der Waals surface area contributed by atoms with Crippen molar-refractivity contribution in [1.29, 1.82) is 0 Å². The van der Waals surface area contributed by atoms with E-state index in [1.807, 2.05) is 61.5 Å². The van der Waals surface area contributed by atoms with Crippen molar-refractivity contribution in [2.24, 2.45) is 0 Å². The van der Waals surface area contributed by atoms with E-state index in [1.54, 1.807) is 9.80 Å². The number of hydrogen-bond acceptors (Lipinski definition) is 3. The molecule has 0 atom stereocenters. The minimum Gasteiger partial charge on any atom is -0.372 e. The first-order valence-electron chi connectivity index (χ1n) is 9.94. The number of carbonyl (C=O) groups excluding carboxylic acids is 2. The molecule has 0 saturated heterocycles. The maximum Gasteiger partial charge on any atom is 0.242 e. The van der Waals surface area contributed by atoms with Crippen LogP contribution in [0.4, 0.5) is 11.4 Å². The van der Waals surface area contributed by atoms with Gasteiger partial charge in [-0.05, 0) is 50.6 Å². The van der Waals surface area contributed by atoms with Crippen molar-refractivity contribution in [3.8, 4) is 0 Å². The Hall–Kier alpha value is -2.82. The molecule has 2 aromatic carbocycles. The summed E-state index contributed by atoms with van der Waals surface area (Å²) in [5, 5.41) is 0. The second-order valence-corrected chi connectivity index (χ2v) is 6.69. The summed E-state index contributed by atoms with van der Waals surface area (Å²) in [6, 6.07) is 17.7. The SMILES string of the molecule is CCN(Cc1ccccc1)C(=O)CN(C(C)=O)c1ccc(N(CC)CC)cc1. The largest absolute Gasteiger partial charge is 0.372 e. The third kappa shape index (κ3) is 5.59. The number of hydrogen-bond donors (Lipinski definition) is 0. The quantitative estimate of drug-likeness (QED) is 0.661. The van der Waals surface area contributed by atoms with Gasteiger partial charge in [0.15, 0.2) is 0 Å². The van der Waals surface area contributed by atoms with Crippen LogP contribution in [0.3, 0.4) is 0 Å². The normalized spacial score (nSPS) is 10.4. The number of anilines is 2. The Kier molecular flexibility index (Phi) is 8.05. The Bertz CT molecular complexity index is 755. The van der Waals surface area contributed by atoms with Gasteiger partial charge in [0, 0.05) is 44.5 Å². The summed E-state index contributed by atoms with van der Waals surface area (Å²) in [6.07, 6.45) is 0. The summed E-state index contributed by atoms with van der Waals surface area (Å²) in [7, 11) is 0. The molecule has 28 heavy (non-hydrogen) atoms. The molecule has 0 saturated carbocycles. The second kappa shape index (κ2) is 10.5. The average molecular weight is 382 g/mol. The van der Waals surface area contributed by atoms with Gasteiger partial charge < -0.3 is 14.7 Å². The molecule has 5 nitrogen and oxygen atoms in total. The van der Waals surface area contributed by atoms with Crippen LogP contribution in [0.25, 0.3) is 0 Å². The van der Waals surface area contributed by atoms with Gasteiger partial charge in [-0.2, -0.15) is 0 Å². The maximum absolute atomic E-state index is 12.9. The Balaban J connectivity index is 2.12. The van der Waals surface area contributed by atoms with Crippen LogP contribution < -0.4 is 9.80 Å². The number of nitrogens with zero attached hydrogens (tertiary/aromatic N) is 3. The van der Waals surface area contributed by atoms with Gasteiger partial charge in [-0.15, -0.1) is 0 Å². The number of amides is 2. The molecule has 0 bridgehead atoms. The number of benzene rings is 2. The fourth-order valence-electron chi connectivity index (χ4n) is 3.23. The van der Waals surface area contributed by atoms with Crippen molar-refractivity contribution in [1.82, 2.24) is 4.90 Å². The maximum atomic E-state index is 12.9. The lowest BCUT2D eigenvalue weighted by molar-refractivity contribution is -0.131. The highest BCUT2D eigenvalue weighted by molar-refractivity contribution is 5.97. The van der Waals surface area contributed by atoms with Crippen LogP contribution in [-0.4, -0.2) is 42.9 Å². The van der Waals surface area contributed by atoms with E-state index in [1.165, 1.54) is 6.92 Å². The van der Waals surface area contributed by atoms with E-state index >= 15 is 0 Å². The number of carbonyl (C=O) groups is 2. The van der Waals surface area contributed by atoms with Gasteiger partial charge in [0.25, 0.3) is 0 Å². The predicted molar refractivity (Wildman–Crippen MR) is 116 cm³/mol. The summed E-state index contributed by atoms with van der Waals surface area (Å²) < 4.78 is 0. The molecule has 0 aromatic heterocycles. The molecule has 0 aliphatic carbocycles. The van der Waals surface area contributed by atoms with Crippen LogP contribution in [0.1, 0.15) is 33.3 Å². The van der Waals surface area contributed by atoms with Crippen molar-refractivity contribution in [2.75, 3.05) is 36.0 Å². The van der Waals surface area contributed by atoms with Crippen LogP contribution in [0.15, 0.2) is 54.6 Å². The van der Waals surface area contributed by atoms with Gasteiger partial charge in [-0.25, -0.2) is 0 Å². The topological polar surface area (TPSA) is 43.9 Å². The molecule has 2 amide bonds. The molecule has 0 N–H and O–H groups in total. The summed E-state index contributed by atoms with van der Waals surface area (Å²) in [5.41, 5.74) is 2.94. The highest BCUT2D eigenvalue weighted by Gasteiger charge is 2.20. The summed E-state index contributed by atoms with van der Waals surface area (Å²) in [4.78, 5) is 30.6. The molecule has 5 heteroatoms. The molecule has 2 aromatic rings. The van der Waals surface area contributed by atoms with E-state index in [4.69, 9.17) is 0 Å². The monoisotopic (exact) mass is 381 g/mol. The molecular formula is C23H31N3O2. The van der Waals surface area contributed by atoms with Gasteiger partial charge >= 0.3 is 0 Å². The standard InChI is InChI=1S/C23H31N3O2/c1-5-24(6-2)21-13-15-22(16-14-21)26(19(4)27)18-23(28)25(7-3)17-20-11-9-8-10-12-20/h8-16H,5-7,17-18H2,1-4H3. The van der Waals surface area contributed by atoms with Crippen molar-refractivity contribution >= 4 is 23.2 Å². The lowest BCUT2D eigenvalue weighted by Crippen LogP contribution is -2.42. The Morgan fingerprint density at radius 2 is 1.36 bits per heavy atom. The first-order chi connectivity index (χ1) is 13.5. The van der Waals surface area contributed by atoms with Crippen LogP contribution in [0, 0.1) is 0 Å². The smallest absolute Gasteiger partial charge is 0.242 e. The van der Waals surface area contributed by atoms with Crippen molar-refractivity contribution in [3.63, 3.8) is 0 Å². The second-order valence-electron chi connectivity index (χ2n) is 6.69. The molecule has 0 aliphatic heterocycles. The molecular weight excluding hydrogens is 350 g/mol. The average Bonchev–Trinajstić information content (AvgIpc) is 2.72. The van der Waals surface area contributed by atoms with Crippen molar-refractivity contribution in [2.45, 2.75) is 34.2 Å². The molecule has 0 radical (unpaired) electrons. The van der Waals surface area contributed by atoms with Gasteiger partial charge in [0.1, 0.15) is 6.54 Å². The zero-order valence-corrected chi connectivity index (χ0v) is 17.4. The van der Waals surface area contributed by atoms with E-state index in [-0.39, 0.29) is 18.4 Å². The van der Waals surface area contributed by atoms with Crippen LogP contribution >= 0.6 is 0 Å². The molecule has 0 unspecified atom stereocenters. The first-order valence-corrected chi connectivity index (χ1v) is 9.94. The summed E-state index contributed by atoms with van der Waals surface area (Å²) in [6.45, 7) is 10.7. The molecule has 0 heterocycles. The third-order valence-corrected chi connectivity index (χ3v) is 4.91. The van der Waals surface area contributed by atoms with Gasteiger partial charge in [-0.1, -0.05) is 30.3 Å². The highest BCUT2D eigenvalue weighted by atomic mass is 16.2. The van der Waals surface area contributed by atoms with E-state index in [2.05, 4.69) is 18.7 Å². The zero-order chi connectivity index (χ0) is 20.5. The van der Waals surface area contributed by atoms with Crippen molar-refractivity contribution < 1.29 is 9.59 Å². The van der Waals surface area contributed by atoms with Crippen LogP contribution in [-0.2, 0) is 16.1 Å². The van der Waals surface area contributed by atoms with E-state index < -0.39 is 0 Å². The molecule has 2 rings (SSSR count). The Morgan fingerprint density at radius 1 is 0.786 bits per heavy atom. The Morgan fingerprint density at radius 3 is 1.86 bits per heavy atom.